The summed E-state index contributed by atoms with van der Waals surface area (Å²) in [5.41, 5.74) is 8.52. The van der Waals surface area contributed by atoms with Gasteiger partial charge in [0.2, 0.25) is 5.95 Å². The molecule has 0 saturated carbocycles. The van der Waals surface area contributed by atoms with Crippen LogP contribution in [0.3, 0.4) is 0 Å². The highest BCUT2D eigenvalue weighted by Crippen LogP contribution is 2.16. The molecule has 82 valence electrons. The summed E-state index contributed by atoms with van der Waals surface area (Å²) in [4.78, 5) is 8.43. The van der Waals surface area contributed by atoms with Crippen molar-refractivity contribution in [3.63, 3.8) is 0 Å². The summed E-state index contributed by atoms with van der Waals surface area (Å²) < 4.78 is 0. The number of rotatable bonds is 3. The van der Waals surface area contributed by atoms with Crippen LogP contribution in [0.15, 0.2) is 36.5 Å². The van der Waals surface area contributed by atoms with Crippen LogP contribution in [0.4, 0.5) is 11.6 Å². The Bertz CT molecular complexity index is 482. The van der Waals surface area contributed by atoms with E-state index in [1.807, 2.05) is 37.3 Å². The molecule has 4 heteroatoms. The Morgan fingerprint density at radius 1 is 1.25 bits per heavy atom. The van der Waals surface area contributed by atoms with Gasteiger partial charge in [-0.05, 0) is 24.6 Å². The summed E-state index contributed by atoms with van der Waals surface area (Å²) in [7, 11) is 0. The summed E-state index contributed by atoms with van der Waals surface area (Å²) in [5, 5.41) is 3.17. The maximum Gasteiger partial charge on any atom is 0.227 e. The maximum atomic E-state index is 5.52. The molecule has 4 nitrogen and oxygen atoms in total. The summed E-state index contributed by atoms with van der Waals surface area (Å²) >= 11 is 0. The van der Waals surface area contributed by atoms with Crippen LogP contribution in [-0.4, -0.2) is 9.97 Å². The zero-order chi connectivity index (χ0) is 11.4. The highest BCUT2D eigenvalue weighted by Gasteiger charge is 2.00. The van der Waals surface area contributed by atoms with Gasteiger partial charge in [0.25, 0.3) is 0 Å². The van der Waals surface area contributed by atoms with Crippen LogP contribution in [0.2, 0.25) is 0 Å². The van der Waals surface area contributed by atoms with Crippen molar-refractivity contribution in [3.05, 3.63) is 47.8 Å². The Hall–Kier alpha value is -1.94. The Morgan fingerprint density at radius 2 is 2.06 bits per heavy atom. The van der Waals surface area contributed by atoms with Gasteiger partial charge in [-0.2, -0.15) is 0 Å². The molecule has 1 aromatic heterocycles. The van der Waals surface area contributed by atoms with Crippen molar-refractivity contribution >= 4 is 11.6 Å². The van der Waals surface area contributed by atoms with E-state index < -0.39 is 0 Å². The standard InChI is InChI=1S/C12H14N4/c1-9-4-2-3-5-11(9)16-12-14-7-6-10(8-13)15-12/h2-7H,8,13H2,1H3,(H,14,15,16). The van der Waals surface area contributed by atoms with E-state index >= 15 is 0 Å². The monoisotopic (exact) mass is 214 g/mol. The van der Waals surface area contributed by atoms with Gasteiger partial charge in [0.05, 0.1) is 5.69 Å². The van der Waals surface area contributed by atoms with Gasteiger partial charge in [0.1, 0.15) is 0 Å². The van der Waals surface area contributed by atoms with Crippen LogP contribution in [-0.2, 0) is 6.54 Å². The van der Waals surface area contributed by atoms with Gasteiger partial charge in [-0.3, -0.25) is 0 Å². The van der Waals surface area contributed by atoms with Gasteiger partial charge in [0.15, 0.2) is 0 Å². The third-order valence-electron chi connectivity index (χ3n) is 2.31. The van der Waals surface area contributed by atoms with Crippen LogP contribution < -0.4 is 11.1 Å². The van der Waals surface area contributed by atoms with Gasteiger partial charge in [-0.25, -0.2) is 9.97 Å². The Balaban J connectivity index is 2.24. The van der Waals surface area contributed by atoms with E-state index in [4.69, 9.17) is 5.73 Å². The number of aryl methyl sites for hydroxylation is 1. The number of hydrogen-bond donors (Lipinski definition) is 2. The fraction of sp³-hybridized carbons (Fsp3) is 0.167. The second-order valence-electron chi connectivity index (χ2n) is 3.52. The molecular formula is C12H14N4. The fourth-order valence-electron chi connectivity index (χ4n) is 1.40. The van der Waals surface area contributed by atoms with E-state index in [0.29, 0.717) is 12.5 Å². The lowest BCUT2D eigenvalue weighted by Crippen LogP contribution is -2.04. The van der Waals surface area contributed by atoms with Crippen LogP contribution in [0, 0.1) is 6.92 Å². The first-order valence-electron chi connectivity index (χ1n) is 5.14. The van der Waals surface area contributed by atoms with Crippen molar-refractivity contribution in [2.45, 2.75) is 13.5 Å². The number of anilines is 2. The zero-order valence-electron chi connectivity index (χ0n) is 9.14. The van der Waals surface area contributed by atoms with Crippen molar-refractivity contribution < 1.29 is 0 Å². The Labute approximate surface area is 94.5 Å². The highest BCUT2D eigenvalue weighted by molar-refractivity contribution is 5.57. The molecule has 0 aliphatic rings. The summed E-state index contributed by atoms with van der Waals surface area (Å²) in [6, 6.07) is 9.81. The molecule has 1 heterocycles. The molecule has 1 aromatic carbocycles. The Kier molecular flexibility index (Phi) is 3.12. The number of benzene rings is 1. The first-order valence-corrected chi connectivity index (χ1v) is 5.14. The average Bonchev–Trinajstić information content (AvgIpc) is 2.32. The Morgan fingerprint density at radius 3 is 2.81 bits per heavy atom. The number of nitrogens with two attached hydrogens (primary N) is 1. The minimum atomic E-state index is 0.422. The number of para-hydroxylation sites is 1. The summed E-state index contributed by atoms with van der Waals surface area (Å²) in [6.07, 6.45) is 1.70. The third kappa shape index (κ3) is 2.35. The molecule has 3 N–H and O–H groups in total. The topological polar surface area (TPSA) is 63.8 Å². The van der Waals surface area contributed by atoms with Crippen LogP contribution in [0.1, 0.15) is 11.3 Å². The molecule has 0 atom stereocenters. The van der Waals surface area contributed by atoms with E-state index in [-0.39, 0.29) is 0 Å². The van der Waals surface area contributed by atoms with Crippen LogP contribution in [0.5, 0.6) is 0 Å². The molecule has 0 fully saturated rings. The SMILES string of the molecule is Cc1ccccc1Nc1nccc(CN)n1. The van der Waals surface area contributed by atoms with Crippen LogP contribution >= 0.6 is 0 Å². The zero-order valence-corrected chi connectivity index (χ0v) is 9.14. The van der Waals surface area contributed by atoms with E-state index in [1.54, 1.807) is 6.20 Å². The largest absolute Gasteiger partial charge is 0.325 e. The van der Waals surface area contributed by atoms with E-state index in [0.717, 1.165) is 16.9 Å². The van der Waals surface area contributed by atoms with Crippen molar-refractivity contribution in [2.75, 3.05) is 5.32 Å². The molecule has 0 amide bonds. The molecular weight excluding hydrogens is 200 g/mol. The second-order valence-corrected chi connectivity index (χ2v) is 3.52. The van der Waals surface area contributed by atoms with Crippen molar-refractivity contribution in [1.82, 2.24) is 9.97 Å². The smallest absolute Gasteiger partial charge is 0.227 e. The van der Waals surface area contributed by atoms with Gasteiger partial charge in [0, 0.05) is 18.4 Å². The van der Waals surface area contributed by atoms with Crippen LogP contribution in [0.25, 0.3) is 0 Å². The van der Waals surface area contributed by atoms with Gasteiger partial charge in [-0.1, -0.05) is 18.2 Å². The molecule has 2 rings (SSSR count). The van der Waals surface area contributed by atoms with Crippen molar-refractivity contribution in [3.8, 4) is 0 Å². The summed E-state index contributed by atoms with van der Waals surface area (Å²) in [6.45, 7) is 2.46. The lowest BCUT2D eigenvalue weighted by molar-refractivity contribution is 0.968. The fourth-order valence-corrected chi connectivity index (χ4v) is 1.40. The molecule has 2 aromatic rings. The lowest BCUT2D eigenvalue weighted by atomic mass is 10.2. The molecule has 0 radical (unpaired) electrons. The maximum absolute atomic E-state index is 5.52. The molecule has 16 heavy (non-hydrogen) atoms. The van der Waals surface area contributed by atoms with Gasteiger partial charge in [-0.15, -0.1) is 0 Å². The summed E-state index contributed by atoms with van der Waals surface area (Å²) in [5.74, 6) is 0.581. The quantitative estimate of drug-likeness (QED) is 0.820. The highest BCUT2D eigenvalue weighted by atomic mass is 15.1. The second kappa shape index (κ2) is 4.72. The molecule has 0 saturated heterocycles. The predicted molar refractivity (Wildman–Crippen MR) is 64.4 cm³/mol. The normalized spacial score (nSPS) is 10.1. The number of hydrogen-bond acceptors (Lipinski definition) is 4. The predicted octanol–water partition coefficient (Wildman–Crippen LogP) is 1.99. The number of aromatic nitrogens is 2. The van der Waals surface area contributed by atoms with Gasteiger partial charge < -0.3 is 11.1 Å². The van der Waals surface area contributed by atoms with Gasteiger partial charge >= 0.3 is 0 Å². The molecule has 0 bridgehead atoms. The molecule has 0 spiro atoms. The van der Waals surface area contributed by atoms with E-state index in [2.05, 4.69) is 15.3 Å². The van der Waals surface area contributed by atoms with Crippen molar-refractivity contribution in [1.29, 1.82) is 0 Å². The molecule has 0 aliphatic heterocycles. The number of nitrogens with one attached hydrogen (secondary N) is 1. The van der Waals surface area contributed by atoms with E-state index in [9.17, 15) is 0 Å². The lowest BCUT2D eigenvalue weighted by Gasteiger charge is -2.07. The van der Waals surface area contributed by atoms with Crippen molar-refractivity contribution in [2.24, 2.45) is 5.73 Å². The molecule has 0 aliphatic carbocycles. The first kappa shape index (κ1) is 10.6. The average molecular weight is 214 g/mol. The molecule has 0 unspecified atom stereocenters. The van der Waals surface area contributed by atoms with E-state index in [1.165, 1.54) is 0 Å². The minimum absolute atomic E-state index is 0.422. The third-order valence-corrected chi connectivity index (χ3v) is 2.31. The first-order chi connectivity index (χ1) is 7.79. The minimum Gasteiger partial charge on any atom is -0.325 e. The number of nitrogens with zero attached hydrogens (tertiary/aromatic N) is 2.